The van der Waals surface area contributed by atoms with Gasteiger partial charge in [0.2, 0.25) is 0 Å². The predicted molar refractivity (Wildman–Crippen MR) is 70.5 cm³/mol. The lowest BCUT2D eigenvalue weighted by molar-refractivity contribution is -0.0528. The van der Waals surface area contributed by atoms with Crippen LogP contribution in [0.1, 0.15) is 56.5 Å². The Bertz CT molecular complexity index is 595. The van der Waals surface area contributed by atoms with Gasteiger partial charge in [0, 0.05) is 11.5 Å². The first-order valence-electron chi connectivity index (χ1n) is 7.26. The average molecular weight is 302 g/mol. The molecule has 1 fully saturated rings. The molecular formula is C15H18F4N2. The first-order chi connectivity index (χ1) is 9.82. The molecule has 2 aliphatic rings. The second-order valence-corrected chi connectivity index (χ2v) is 6.14. The molecule has 3 rings (SSSR count). The Morgan fingerprint density at radius 1 is 1.38 bits per heavy atom. The predicted octanol–water partition coefficient (Wildman–Crippen LogP) is 4.61. The van der Waals surface area contributed by atoms with E-state index < -0.39 is 24.0 Å². The van der Waals surface area contributed by atoms with Crippen LogP contribution in [0.15, 0.2) is 11.1 Å². The molecule has 1 unspecified atom stereocenters. The molecule has 1 atom stereocenters. The van der Waals surface area contributed by atoms with Crippen molar-refractivity contribution in [2.24, 2.45) is 5.92 Å². The van der Waals surface area contributed by atoms with E-state index in [4.69, 9.17) is 0 Å². The molecule has 0 amide bonds. The van der Waals surface area contributed by atoms with E-state index in [0.29, 0.717) is 0 Å². The second-order valence-electron chi connectivity index (χ2n) is 6.14. The van der Waals surface area contributed by atoms with Crippen LogP contribution in [-0.2, 0) is 18.9 Å². The van der Waals surface area contributed by atoms with Crippen molar-refractivity contribution in [1.29, 1.82) is 0 Å². The maximum Gasteiger partial charge on any atom is 0.292 e. The van der Waals surface area contributed by atoms with Gasteiger partial charge in [-0.15, -0.1) is 0 Å². The third-order valence-corrected chi connectivity index (χ3v) is 4.68. The third kappa shape index (κ3) is 2.19. The van der Waals surface area contributed by atoms with Crippen molar-refractivity contribution in [3.8, 4) is 0 Å². The summed E-state index contributed by atoms with van der Waals surface area (Å²) in [7, 11) is 0. The Morgan fingerprint density at radius 3 is 2.57 bits per heavy atom. The molecule has 0 radical (unpaired) electrons. The summed E-state index contributed by atoms with van der Waals surface area (Å²) in [6.07, 6.45) is 0.225. The van der Waals surface area contributed by atoms with Gasteiger partial charge in [-0.1, -0.05) is 18.1 Å². The highest BCUT2D eigenvalue weighted by atomic mass is 19.3. The summed E-state index contributed by atoms with van der Waals surface area (Å²) in [6.45, 7) is 3.46. The fourth-order valence-electron chi connectivity index (χ4n) is 3.17. The zero-order valence-corrected chi connectivity index (χ0v) is 12.1. The van der Waals surface area contributed by atoms with Crippen LogP contribution in [0.2, 0.25) is 0 Å². The summed E-state index contributed by atoms with van der Waals surface area (Å²) in [5, 5.41) is 3.79. The van der Waals surface area contributed by atoms with Crippen LogP contribution in [0.25, 0.3) is 0 Å². The molecule has 1 aromatic rings. The molecule has 0 aliphatic heterocycles. The lowest BCUT2D eigenvalue weighted by Crippen LogP contribution is -2.23. The summed E-state index contributed by atoms with van der Waals surface area (Å²) in [6, 6.07) is 0. The van der Waals surface area contributed by atoms with Crippen LogP contribution in [0.5, 0.6) is 0 Å². The van der Waals surface area contributed by atoms with Crippen LogP contribution >= 0.6 is 0 Å². The number of hydrogen-bond donors (Lipinski definition) is 0. The van der Waals surface area contributed by atoms with Gasteiger partial charge in [0.1, 0.15) is 11.4 Å². The third-order valence-electron chi connectivity index (χ3n) is 4.68. The maximum atomic E-state index is 14.3. The van der Waals surface area contributed by atoms with Crippen LogP contribution in [-0.4, -0.2) is 9.78 Å². The Morgan fingerprint density at radius 2 is 2.05 bits per heavy atom. The molecule has 21 heavy (non-hydrogen) atoms. The number of alkyl halides is 4. The Balaban J connectivity index is 2.04. The molecule has 6 heteroatoms. The Labute approximate surface area is 120 Å². The summed E-state index contributed by atoms with van der Waals surface area (Å²) < 4.78 is 55.8. The van der Waals surface area contributed by atoms with Crippen LogP contribution in [0.4, 0.5) is 17.6 Å². The van der Waals surface area contributed by atoms with Crippen molar-refractivity contribution >= 4 is 0 Å². The van der Waals surface area contributed by atoms with Crippen LogP contribution in [0.3, 0.4) is 0 Å². The van der Waals surface area contributed by atoms with Gasteiger partial charge < -0.3 is 0 Å². The molecular weight excluding hydrogens is 284 g/mol. The molecule has 0 saturated heterocycles. The van der Waals surface area contributed by atoms with Gasteiger partial charge in [0.05, 0.1) is 6.54 Å². The first-order valence-corrected chi connectivity index (χ1v) is 7.26. The van der Waals surface area contributed by atoms with E-state index in [1.165, 1.54) is 12.5 Å². The van der Waals surface area contributed by atoms with E-state index in [1.807, 2.05) is 6.92 Å². The highest BCUT2D eigenvalue weighted by molar-refractivity contribution is 5.37. The molecule has 1 aromatic heterocycles. The Hall–Kier alpha value is -1.33. The minimum atomic E-state index is -3.08. The van der Waals surface area contributed by atoms with E-state index in [1.54, 1.807) is 0 Å². The zero-order chi connectivity index (χ0) is 15.4. The van der Waals surface area contributed by atoms with Crippen molar-refractivity contribution < 1.29 is 17.6 Å². The fourth-order valence-corrected chi connectivity index (χ4v) is 3.17. The molecule has 1 heterocycles. The number of hydrogen-bond acceptors (Lipinski definition) is 1. The van der Waals surface area contributed by atoms with Crippen molar-refractivity contribution in [3.05, 3.63) is 28.1 Å². The van der Waals surface area contributed by atoms with Crippen LogP contribution in [0, 0.1) is 5.92 Å². The number of fused-ring (bicyclic) bond motifs is 1. The summed E-state index contributed by atoms with van der Waals surface area (Å²) in [5.41, 5.74) is 1.49. The normalized spacial score (nSPS) is 23.4. The molecule has 0 bridgehead atoms. The number of halogens is 4. The van der Waals surface area contributed by atoms with Gasteiger partial charge in [-0.3, -0.25) is 4.68 Å². The van der Waals surface area contributed by atoms with Crippen molar-refractivity contribution in [1.82, 2.24) is 9.78 Å². The number of nitrogens with zero attached hydrogens (tertiary/aromatic N) is 2. The summed E-state index contributed by atoms with van der Waals surface area (Å²) in [5.74, 6) is -4.04. The average Bonchev–Trinajstić information content (AvgIpc) is 2.75. The fraction of sp³-hybridized carbons (Fsp3) is 0.667. The highest BCUT2D eigenvalue weighted by Gasteiger charge is 2.51. The monoisotopic (exact) mass is 302 g/mol. The summed E-state index contributed by atoms with van der Waals surface area (Å²) in [4.78, 5) is 0. The van der Waals surface area contributed by atoms with E-state index >= 15 is 0 Å². The van der Waals surface area contributed by atoms with E-state index in [-0.39, 0.29) is 24.2 Å². The first kappa shape index (κ1) is 14.6. The molecule has 2 nitrogen and oxygen atoms in total. The Kier molecular flexibility index (Phi) is 3.37. The maximum absolute atomic E-state index is 14.3. The van der Waals surface area contributed by atoms with Gasteiger partial charge in [-0.05, 0) is 32.6 Å². The molecule has 116 valence electrons. The topological polar surface area (TPSA) is 17.8 Å². The van der Waals surface area contributed by atoms with E-state index in [9.17, 15) is 17.6 Å². The zero-order valence-electron chi connectivity index (χ0n) is 12.1. The van der Waals surface area contributed by atoms with Gasteiger partial charge in [0.25, 0.3) is 12.3 Å². The lowest BCUT2D eigenvalue weighted by Gasteiger charge is -2.22. The van der Waals surface area contributed by atoms with Crippen molar-refractivity contribution in [2.75, 3.05) is 0 Å². The number of rotatable bonds is 3. The summed E-state index contributed by atoms with van der Waals surface area (Å²) >= 11 is 0. The lowest BCUT2D eigenvalue weighted by atomic mass is 9.88. The van der Waals surface area contributed by atoms with E-state index in [0.717, 1.165) is 29.5 Å². The standard InChI is InChI=1S/C15H18F4N2/c1-8(10-4-3-5-10)7-21-13-11(12(20-21)14(16)17)6-9(2)15(13,18)19/h9,14H,3-7H2,1-2H3. The minimum Gasteiger partial charge on any atom is -0.259 e. The smallest absolute Gasteiger partial charge is 0.259 e. The molecule has 0 spiro atoms. The van der Waals surface area contributed by atoms with Crippen molar-refractivity contribution in [2.45, 2.75) is 58.4 Å². The number of aromatic nitrogens is 2. The quantitative estimate of drug-likeness (QED) is 0.589. The second kappa shape index (κ2) is 4.85. The molecule has 1 saturated carbocycles. The molecule has 0 aromatic carbocycles. The molecule has 2 aliphatic carbocycles. The van der Waals surface area contributed by atoms with Gasteiger partial charge in [-0.2, -0.15) is 13.9 Å². The SMILES string of the molecule is CC(Cn1nc(C(F)F)c2c1C(F)(F)C(C)C2)=C1CCC1. The molecule has 0 N–H and O–H groups in total. The van der Waals surface area contributed by atoms with Gasteiger partial charge in [0.15, 0.2) is 0 Å². The number of allylic oxidation sites excluding steroid dienone is 2. The largest absolute Gasteiger partial charge is 0.292 e. The van der Waals surface area contributed by atoms with Crippen LogP contribution < -0.4 is 0 Å². The minimum absolute atomic E-state index is 0.0301. The van der Waals surface area contributed by atoms with Crippen molar-refractivity contribution in [3.63, 3.8) is 0 Å². The highest BCUT2D eigenvalue weighted by Crippen LogP contribution is 2.48. The van der Waals surface area contributed by atoms with E-state index in [2.05, 4.69) is 5.10 Å². The van der Waals surface area contributed by atoms with Gasteiger partial charge >= 0.3 is 0 Å². The van der Waals surface area contributed by atoms with Gasteiger partial charge in [-0.25, -0.2) is 8.78 Å².